The molecule has 0 fully saturated rings. The van der Waals surface area contributed by atoms with E-state index in [1.807, 2.05) is 18.2 Å². The standard InChI is InChI=1S/C21H16N6O3S2/c1-30-14-11-9-13(10-12-14)22-20-21(24-16-6-3-2-5-15(16)23-20)27-32(28,29)18-8-4-7-17-19(18)26-31-25-17/h2-12H,1H3,(H,22,23)(H,24,27). The number of nitrogens with one attached hydrogen (secondary N) is 2. The summed E-state index contributed by atoms with van der Waals surface area (Å²) in [6, 6.07) is 19.2. The highest BCUT2D eigenvalue weighted by Crippen LogP contribution is 2.29. The molecule has 0 saturated carbocycles. The van der Waals surface area contributed by atoms with Gasteiger partial charge in [-0.05, 0) is 48.5 Å². The first-order chi connectivity index (χ1) is 15.5. The maximum atomic E-state index is 13.3. The zero-order chi connectivity index (χ0) is 22.1. The number of ether oxygens (including phenoxy) is 1. The fourth-order valence-electron chi connectivity index (χ4n) is 3.15. The Labute approximate surface area is 187 Å². The maximum Gasteiger partial charge on any atom is 0.265 e. The third kappa shape index (κ3) is 3.79. The maximum absolute atomic E-state index is 13.3. The third-order valence-electron chi connectivity index (χ3n) is 4.69. The monoisotopic (exact) mass is 464 g/mol. The molecular formula is C21H16N6O3S2. The summed E-state index contributed by atoms with van der Waals surface area (Å²) in [6.07, 6.45) is 0. The molecule has 0 radical (unpaired) electrons. The van der Waals surface area contributed by atoms with Gasteiger partial charge in [0.05, 0.1) is 29.9 Å². The molecule has 32 heavy (non-hydrogen) atoms. The minimum Gasteiger partial charge on any atom is -0.497 e. The molecule has 2 aromatic heterocycles. The summed E-state index contributed by atoms with van der Waals surface area (Å²) in [4.78, 5) is 9.12. The van der Waals surface area contributed by atoms with Crippen LogP contribution < -0.4 is 14.8 Å². The molecule has 0 aliphatic carbocycles. The van der Waals surface area contributed by atoms with Crippen LogP contribution in [-0.4, -0.2) is 34.2 Å². The van der Waals surface area contributed by atoms with Gasteiger partial charge in [-0.25, -0.2) is 18.4 Å². The van der Waals surface area contributed by atoms with Gasteiger partial charge in [0.1, 0.15) is 21.7 Å². The Morgan fingerprint density at radius 2 is 1.50 bits per heavy atom. The highest BCUT2D eigenvalue weighted by molar-refractivity contribution is 7.93. The molecule has 2 heterocycles. The molecule has 0 amide bonds. The number of hydrogen-bond acceptors (Lipinski definition) is 9. The number of para-hydroxylation sites is 2. The molecule has 3 aromatic carbocycles. The van der Waals surface area contributed by atoms with Crippen molar-refractivity contribution in [2.75, 3.05) is 17.1 Å². The number of methoxy groups -OCH3 is 1. The average Bonchev–Trinajstić information content (AvgIpc) is 3.28. The Balaban J connectivity index is 1.58. The first kappa shape index (κ1) is 20.1. The van der Waals surface area contributed by atoms with E-state index in [-0.39, 0.29) is 16.5 Å². The minimum atomic E-state index is -4.01. The Morgan fingerprint density at radius 3 is 2.22 bits per heavy atom. The van der Waals surface area contributed by atoms with Gasteiger partial charge in [0, 0.05) is 5.69 Å². The van der Waals surface area contributed by atoms with Crippen LogP contribution in [0.3, 0.4) is 0 Å². The highest BCUT2D eigenvalue weighted by Gasteiger charge is 2.22. The topological polar surface area (TPSA) is 119 Å². The fourth-order valence-corrected chi connectivity index (χ4v) is 4.93. The smallest absolute Gasteiger partial charge is 0.265 e. The largest absolute Gasteiger partial charge is 0.497 e. The second-order valence-corrected chi connectivity index (χ2v) is 8.94. The molecule has 0 aliphatic rings. The lowest BCUT2D eigenvalue weighted by atomic mass is 10.3. The molecule has 0 atom stereocenters. The summed E-state index contributed by atoms with van der Waals surface area (Å²) in [5.41, 5.74) is 2.69. The predicted molar refractivity (Wildman–Crippen MR) is 124 cm³/mol. The predicted octanol–water partition coefficient (Wildman–Crippen LogP) is 4.19. The quantitative estimate of drug-likeness (QED) is 0.384. The molecule has 5 rings (SSSR count). The lowest BCUT2D eigenvalue weighted by Crippen LogP contribution is -2.16. The van der Waals surface area contributed by atoms with Crippen molar-refractivity contribution in [2.45, 2.75) is 4.90 Å². The minimum absolute atomic E-state index is 0.0223. The van der Waals surface area contributed by atoms with Gasteiger partial charge in [-0.3, -0.25) is 4.72 Å². The SMILES string of the molecule is COc1ccc(Nc2nc3ccccc3nc2NS(=O)(=O)c2cccc3nsnc23)cc1. The van der Waals surface area contributed by atoms with Crippen LogP contribution in [0.2, 0.25) is 0 Å². The lowest BCUT2D eigenvalue weighted by Gasteiger charge is -2.14. The number of sulfonamides is 1. The van der Waals surface area contributed by atoms with Crippen molar-refractivity contribution < 1.29 is 13.2 Å². The third-order valence-corrected chi connectivity index (χ3v) is 6.61. The number of aromatic nitrogens is 4. The molecular weight excluding hydrogens is 448 g/mol. The summed E-state index contributed by atoms with van der Waals surface area (Å²) < 4.78 is 42.5. The van der Waals surface area contributed by atoms with Gasteiger partial charge in [0.2, 0.25) is 0 Å². The number of rotatable bonds is 6. The van der Waals surface area contributed by atoms with Crippen LogP contribution in [-0.2, 0) is 10.0 Å². The van der Waals surface area contributed by atoms with Crippen LogP contribution in [0.5, 0.6) is 5.75 Å². The van der Waals surface area contributed by atoms with Crippen LogP contribution in [0.4, 0.5) is 17.3 Å². The van der Waals surface area contributed by atoms with E-state index in [1.165, 1.54) is 6.07 Å². The molecule has 0 spiro atoms. The van der Waals surface area contributed by atoms with Crippen molar-refractivity contribution in [1.82, 2.24) is 18.7 Å². The fraction of sp³-hybridized carbons (Fsp3) is 0.0476. The average molecular weight is 465 g/mol. The van der Waals surface area contributed by atoms with Crippen LogP contribution in [0.1, 0.15) is 0 Å². The first-order valence-corrected chi connectivity index (χ1v) is 11.7. The summed E-state index contributed by atoms with van der Waals surface area (Å²) in [6.45, 7) is 0. The van der Waals surface area contributed by atoms with Crippen molar-refractivity contribution in [3.05, 3.63) is 66.7 Å². The van der Waals surface area contributed by atoms with Crippen LogP contribution in [0.15, 0.2) is 71.6 Å². The zero-order valence-corrected chi connectivity index (χ0v) is 18.3. The normalized spacial score (nSPS) is 11.5. The van der Waals surface area contributed by atoms with Crippen molar-refractivity contribution in [2.24, 2.45) is 0 Å². The number of fused-ring (bicyclic) bond motifs is 2. The van der Waals surface area contributed by atoms with E-state index in [1.54, 1.807) is 49.6 Å². The molecule has 0 aliphatic heterocycles. The summed E-state index contributed by atoms with van der Waals surface area (Å²) in [5, 5.41) is 3.14. The summed E-state index contributed by atoms with van der Waals surface area (Å²) >= 11 is 0.956. The Morgan fingerprint density at radius 1 is 0.812 bits per heavy atom. The Kier molecular flexibility index (Phi) is 5.04. The molecule has 160 valence electrons. The molecule has 0 bridgehead atoms. The van der Waals surface area contributed by atoms with E-state index in [0.29, 0.717) is 33.5 Å². The van der Waals surface area contributed by atoms with Gasteiger partial charge < -0.3 is 10.1 Å². The van der Waals surface area contributed by atoms with Crippen LogP contribution in [0.25, 0.3) is 22.1 Å². The molecule has 2 N–H and O–H groups in total. The van der Waals surface area contributed by atoms with E-state index in [0.717, 1.165) is 11.7 Å². The van der Waals surface area contributed by atoms with E-state index in [4.69, 9.17) is 4.74 Å². The van der Waals surface area contributed by atoms with Crippen LogP contribution >= 0.6 is 11.7 Å². The van der Waals surface area contributed by atoms with E-state index in [2.05, 4.69) is 28.8 Å². The molecule has 0 unspecified atom stereocenters. The van der Waals surface area contributed by atoms with Crippen molar-refractivity contribution >= 4 is 61.1 Å². The lowest BCUT2D eigenvalue weighted by molar-refractivity contribution is 0.415. The second kappa shape index (κ2) is 8.02. The summed E-state index contributed by atoms with van der Waals surface area (Å²) in [7, 11) is -2.43. The molecule has 0 saturated heterocycles. The van der Waals surface area contributed by atoms with Gasteiger partial charge in [-0.15, -0.1) is 0 Å². The van der Waals surface area contributed by atoms with Gasteiger partial charge in [0.25, 0.3) is 10.0 Å². The molecule has 11 heteroatoms. The van der Waals surface area contributed by atoms with E-state index >= 15 is 0 Å². The first-order valence-electron chi connectivity index (χ1n) is 9.45. The number of hydrogen-bond donors (Lipinski definition) is 2. The highest BCUT2D eigenvalue weighted by atomic mass is 32.2. The number of benzene rings is 3. The second-order valence-electron chi connectivity index (χ2n) is 6.76. The number of anilines is 3. The molecule has 9 nitrogen and oxygen atoms in total. The number of nitrogens with zero attached hydrogens (tertiary/aromatic N) is 4. The van der Waals surface area contributed by atoms with Gasteiger partial charge in [0.15, 0.2) is 11.6 Å². The van der Waals surface area contributed by atoms with E-state index < -0.39 is 10.0 Å². The Hall–Kier alpha value is -3.83. The van der Waals surface area contributed by atoms with Crippen molar-refractivity contribution in [3.63, 3.8) is 0 Å². The zero-order valence-electron chi connectivity index (χ0n) is 16.7. The van der Waals surface area contributed by atoms with Crippen LogP contribution in [0, 0.1) is 0 Å². The van der Waals surface area contributed by atoms with E-state index in [9.17, 15) is 8.42 Å². The Bertz CT molecular complexity index is 1530. The van der Waals surface area contributed by atoms with Crippen molar-refractivity contribution in [1.29, 1.82) is 0 Å². The van der Waals surface area contributed by atoms with Gasteiger partial charge in [-0.2, -0.15) is 8.75 Å². The van der Waals surface area contributed by atoms with Gasteiger partial charge >= 0.3 is 0 Å². The van der Waals surface area contributed by atoms with Gasteiger partial charge in [-0.1, -0.05) is 18.2 Å². The van der Waals surface area contributed by atoms with Crippen molar-refractivity contribution in [3.8, 4) is 5.75 Å². The summed E-state index contributed by atoms with van der Waals surface area (Å²) in [5.74, 6) is 1.03. The molecule has 5 aromatic rings.